The average Bonchev–Trinajstić information content (AvgIpc) is 3.13. The Labute approximate surface area is 184 Å². The fourth-order valence-corrected chi connectivity index (χ4v) is 5.28. The molecule has 0 atom stereocenters. The molecule has 4 aromatic rings. The Morgan fingerprint density at radius 2 is 2.00 bits per heavy atom. The number of aromatic nitrogens is 2. The van der Waals surface area contributed by atoms with E-state index in [4.69, 9.17) is 15.7 Å². The van der Waals surface area contributed by atoms with E-state index in [-0.39, 0.29) is 0 Å². The molecule has 1 amide bonds. The van der Waals surface area contributed by atoms with Gasteiger partial charge in [-0.2, -0.15) is 0 Å². The molecule has 156 valence electrons. The second-order valence-corrected chi connectivity index (χ2v) is 8.89. The van der Waals surface area contributed by atoms with Crippen LogP contribution in [0.15, 0.2) is 48.5 Å². The van der Waals surface area contributed by atoms with Gasteiger partial charge in [0.2, 0.25) is 5.91 Å². The van der Waals surface area contributed by atoms with Gasteiger partial charge in [0.05, 0.1) is 11.3 Å². The molecule has 0 radical (unpaired) electrons. The number of thiophene rings is 1. The van der Waals surface area contributed by atoms with E-state index in [1.165, 1.54) is 11.1 Å². The molecule has 0 saturated heterocycles. The first-order valence-corrected chi connectivity index (χ1v) is 11.1. The largest absolute Gasteiger partial charge is 0.366 e. The molecule has 6 nitrogen and oxygen atoms in total. The molecular formula is C24H23N5OS. The van der Waals surface area contributed by atoms with Gasteiger partial charge in [-0.15, -0.1) is 11.3 Å². The Morgan fingerprint density at radius 3 is 2.81 bits per heavy atom. The standard InChI is InChI=1S/C24H23N5OS/c1-14-20(17-8-5-9-18(22(25)30)21(17)31-14)24-28-19-13-26-11-10-16(19)23(29-24)27-12-15-6-3-2-4-7-15/h2-9,26H,10-13H2,1H3,(H2,25,30)(H,27,28,29). The van der Waals surface area contributed by atoms with E-state index >= 15 is 0 Å². The molecule has 0 bridgehead atoms. The number of nitrogens with zero attached hydrogens (tertiary/aromatic N) is 2. The molecule has 31 heavy (non-hydrogen) atoms. The van der Waals surface area contributed by atoms with Crippen molar-refractivity contribution in [1.29, 1.82) is 0 Å². The van der Waals surface area contributed by atoms with Crippen molar-refractivity contribution in [3.8, 4) is 11.4 Å². The molecular weight excluding hydrogens is 406 g/mol. The number of anilines is 1. The van der Waals surface area contributed by atoms with Crippen LogP contribution in [0.3, 0.4) is 0 Å². The third-order valence-electron chi connectivity index (χ3n) is 5.62. The average molecular weight is 430 g/mol. The lowest BCUT2D eigenvalue weighted by Gasteiger charge is -2.21. The number of benzene rings is 2. The monoisotopic (exact) mass is 429 g/mol. The van der Waals surface area contributed by atoms with E-state index in [9.17, 15) is 4.79 Å². The number of carbonyl (C=O) groups is 1. The fourth-order valence-electron chi connectivity index (χ4n) is 4.11. The predicted molar refractivity (Wildman–Crippen MR) is 125 cm³/mol. The zero-order valence-electron chi connectivity index (χ0n) is 17.2. The van der Waals surface area contributed by atoms with Gasteiger partial charge in [-0.1, -0.05) is 42.5 Å². The molecule has 2 aromatic carbocycles. The molecule has 0 spiro atoms. The van der Waals surface area contributed by atoms with Crippen molar-refractivity contribution in [3.05, 3.63) is 75.8 Å². The SMILES string of the molecule is Cc1sc2c(C(N)=O)cccc2c1-c1nc2c(c(NCc3ccccc3)n1)CCNC2. The van der Waals surface area contributed by atoms with Crippen LogP contribution in [0.2, 0.25) is 0 Å². The first-order valence-electron chi connectivity index (χ1n) is 10.3. The number of hydrogen-bond donors (Lipinski definition) is 3. The number of primary amides is 1. The summed E-state index contributed by atoms with van der Waals surface area (Å²) in [4.78, 5) is 22.9. The van der Waals surface area contributed by atoms with Crippen molar-refractivity contribution in [2.24, 2.45) is 5.73 Å². The first kappa shape index (κ1) is 19.7. The molecule has 0 unspecified atom stereocenters. The molecule has 2 aromatic heterocycles. The lowest BCUT2D eigenvalue weighted by atomic mass is 10.0. The van der Waals surface area contributed by atoms with E-state index in [0.717, 1.165) is 51.5 Å². The highest BCUT2D eigenvalue weighted by Crippen LogP contribution is 2.39. The maximum Gasteiger partial charge on any atom is 0.250 e. The number of carbonyl (C=O) groups excluding carboxylic acids is 1. The lowest BCUT2D eigenvalue weighted by molar-refractivity contribution is 0.100. The normalized spacial score (nSPS) is 13.2. The molecule has 1 aliphatic heterocycles. The zero-order chi connectivity index (χ0) is 21.4. The van der Waals surface area contributed by atoms with Crippen molar-refractivity contribution in [2.75, 3.05) is 11.9 Å². The molecule has 0 aliphatic carbocycles. The number of aryl methyl sites for hydroxylation is 1. The number of amides is 1. The van der Waals surface area contributed by atoms with E-state index < -0.39 is 5.91 Å². The summed E-state index contributed by atoms with van der Waals surface area (Å²) in [5.74, 6) is 1.15. The quantitative estimate of drug-likeness (QED) is 0.446. The fraction of sp³-hybridized carbons (Fsp3) is 0.208. The minimum Gasteiger partial charge on any atom is -0.366 e. The minimum atomic E-state index is -0.417. The predicted octanol–water partition coefficient (Wildman–Crippen LogP) is 4.02. The highest BCUT2D eigenvalue weighted by atomic mass is 32.1. The Hall–Kier alpha value is -3.29. The summed E-state index contributed by atoms with van der Waals surface area (Å²) in [6, 6.07) is 16.0. The Balaban J connectivity index is 1.62. The Bertz CT molecular complexity index is 1280. The summed E-state index contributed by atoms with van der Waals surface area (Å²) < 4.78 is 0.890. The van der Waals surface area contributed by atoms with E-state index in [1.54, 1.807) is 17.4 Å². The minimum absolute atomic E-state index is 0.417. The van der Waals surface area contributed by atoms with Crippen molar-refractivity contribution >= 4 is 33.1 Å². The molecule has 0 saturated carbocycles. The summed E-state index contributed by atoms with van der Waals surface area (Å²) in [5.41, 5.74) is 10.5. The first-order chi connectivity index (χ1) is 15.1. The van der Waals surface area contributed by atoms with Gasteiger partial charge in [0, 0.05) is 39.2 Å². The summed E-state index contributed by atoms with van der Waals surface area (Å²) in [7, 11) is 0. The molecule has 3 heterocycles. The van der Waals surface area contributed by atoms with Gasteiger partial charge < -0.3 is 16.4 Å². The summed E-state index contributed by atoms with van der Waals surface area (Å²) in [6.45, 7) is 4.38. The van der Waals surface area contributed by atoms with Gasteiger partial charge in [0.25, 0.3) is 0 Å². The van der Waals surface area contributed by atoms with E-state index in [2.05, 4.69) is 22.8 Å². The van der Waals surface area contributed by atoms with Crippen LogP contribution in [-0.4, -0.2) is 22.4 Å². The van der Waals surface area contributed by atoms with Crippen LogP contribution in [-0.2, 0) is 19.5 Å². The van der Waals surface area contributed by atoms with Crippen LogP contribution in [0.1, 0.15) is 32.1 Å². The number of nitrogens with two attached hydrogens (primary N) is 1. The molecule has 0 fully saturated rings. The van der Waals surface area contributed by atoms with Crippen LogP contribution in [0.25, 0.3) is 21.5 Å². The van der Waals surface area contributed by atoms with Gasteiger partial charge in [-0.3, -0.25) is 4.79 Å². The molecule has 4 N–H and O–H groups in total. The topological polar surface area (TPSA) is 92.9 Å². The van der Waals surface area contributed by atoms with E-state index in [0.29, 0.717) is 17.9 Å². The van der Waals surface area contributed by atoms with Crippen LogP contribution in [0.5, 0.6) is 0 Å². The highest BCUT2D eigenvalue weighted by molar-refractivity contribution is 7.20. The second kappa shape index (κ2) is 8.09. The maximum atomic E-state index is 11.9. The summed E-state index contributed by atoms with van der Waals surface area (Å²) in [6.07, 6.45) is 0.891. The van der Waals surface area contributed by atoms with E-state index in [1.807, 2.05) is 37.3 Å². The molecule has 7 heteroatoms. The smallest absolute Gasteiger partial charge is 0.250 e. The molecule has 5 rings (SSSR count). The van der Waals surface area contributed by atoms with Crippen LogP contribution < -0.4 is 16.4 Å². The number of rotatable bonds is 5. The number of fused-ring (bicyclic) bond motifs is 2. The van der Waals surface area contributed by atoms with Crippen molar-refractivity contribution in [3.63, 3.8) is 0 Å². The third-order valence-corrected chi connectivity index (χ3v) is 6.77. The van der Waals surface area contributed by atoms with Gasteiger partial charge >= 0.3 is 0 Å². The van der Waals surface area contributed by atoms with Crippen LogP contribution in [0.4, 0.5) is 5.82 Å². The van der Waals surface area contributed by atoms with Crippen molar-refractivity contribution < 1.29 is 4.79 Å². The van der Waals surface area contributed by atoms with Gasteiger partial charge in [0.1, 0.15) is 5.82 Å². The van der Waals surface area contributed by atoms with Crippen LogP contribution in [0, 0.1) is 6.92 Å². The third kappa shape index (κ3) is 3.66. The summed E-state index contributed by atoms with van der Waals surface area (Å²) in [5, 5.41) is 7.92. The Kier molecular flexibility index (Phi) is 5.13. The second-order valence-electron chi connectivity index (χ2n) is 7.67. The van der Waals surface area contributed by atoms with Gasteiger partial charge in [-0.25, -0.2) is 9.97 Å². The van der Waals surface area contributed by atoms with Gasteiger partial charge in [-0.05, 0) is 31.5 Å². The van der Waals surface area contributed by atoms with Crippen molar-refractivity contribution in [2.45, 2.75) is 26.4 Å². The van der Waals surface area contributed by atoms with Gasteiger partial charge in [0.15, 0.2) is 5.82 Å². The number of hydrogen-bond acceptors (Lipinski definition) is 6. The molecule has 1 aliphatic rings. The summed E-state index contributed by atoms with van der Waals surface area (Å²) >= 11 is 1.57. The lowest BCUT2D eigenvalue weighted by Crippen LogP contribution is -2.26. The maximum absolute atomic E-state index is 11.9. The van der Waals surface area contributed by atoms with Crippen molar-refractivity contribution in [1.82, 2.24) is 15.3 Å². The number of nitrogens with one attached hydrogen (secondary N) is 2. The zero-order valence-corrected chi connectivity index (χ0v) is 18.1. The van der Waals surface area contributed by atoms with Crippen LogP contribution >= 0.6 is 11.3 Å². The highest BCUT2D eigenvalue weighted by Gasteiger charge is 2.22. The Morgan fingerprint density at radius 1 is 1.16 bits per heavy atom.